The van der Waals surface area contributed by atoms with Crippen LogP contribution in [0.5, 0.6) is 0 Å². The minimum atomic E-state index is 0.491. The molecule has 0 saturated carbocycles. The number of aromatic nitrogens is 1. The highest BCUT2D eigenvalue weighted by atomic mass is 15.1. The predicted octanol–water partition coefficient (Wildman–Crippen LogP) is 2.18. The molecule has 80 valence electrons. The summed E-state index contributed by atoms with van der Waals surface area (Å²) in [6.45, 7) is 5.24. The van der Waals surface area contributed by atoms with Crippen molar-refractivity contribution in [2.24, 2.45) is 0 Å². The highest BCUT2D eigenvalue weighted by Crippen LogP contribution is 2.08. The number of nitrogens with zero attached hydrogens (tertiary/aromatic N) is 3. The summed E-state index contributed by atoms with van der Waals surface area (Å²) in [5.41, 5.74) is 1.63. The first-order valence-corrected chi connectivity index (χ1v) is 5.22. The Balaban J connectivity index is 2.68. The maximum absolute atomic E-state index is 8.73. The van der Waals surface area contributed by atoms with Gasteiger partial charge in [-0.2, -0.15) is 5.26 Å². The first-order chi connectivity index (χ1) is 7.17. The van der Waals surface area contributed by atoms with Crippen molar-refractivity contribution in [2.45, 2.75) is 32.9 Å². The van der Waals surface area contributed by atoms with E-state index in [2.05, 4.69) is 36.8 Å². The molecule has 1 aromatic heterocycles. The SMILES string of the molecule is CCC(C)N(C)Cc1ccnc(C#N)c1. The van der Waals surface area contributed by atoms with Crippen LogP contribution in [-0.4, -0.2) is 23.0 Å². The van der Waals surface area contributed by atoms with Gasteiger partial charge in [0.05, 0.1) is 0 Å². The van der Waals surface area contributed by atoms with Gasteiger partial charge in [0.2, 0.25) is 0 Å². The van der Waals surface area contributed by atoms with Gasteiger partial charge in [0, 0.05) is 18.8 Å². The monoisotopic (exact) mass is 203 g/mol. The van der Waals surface area contributed by atoms with Gasteiger partial charge in [-0.1, -0.05) is 6.92 Å². The summed E-state index contributed by atoms with van der Waals surface area (Å²) in [4.78, 5) is 6.22. The number of hydrogen-bond acceptors (Lipinski definition) is 3. The van der Waals surface area contributed by atoms with Crippen molar-refractivity contribution in [3.8, 4) is 6.07 Å². The van der Waals surface area contributed by atoms with Crippen LogP contribution in [0.4, 0.5) is 0 Å². The van der Waals surface area contributed by atoms with Crippen LogP contribution in [0.25, 0.3) is 0 Å². The molecule has 1 atom stereocenters. The van der Waals surface area contributed by atoms with Crippen LogP contribution in [0.3, 0.4) is 0 Å². The lowest BCUT2D eigenvalue weighted by atomic mass is 10.2. The second kappa shape index (κ2) is 5.47. The molecule has 1 unspecified atom stereocenters. The molecule has 0 radical (unpaired) electrons. The molecule has 3 heteroatoms. The van der Waals surface area contributed by atoms with Crippen LogP contribution in [0.2, 0.25) is 0 Å². The summed E-state index contributed by atoms with van der Waals surface area (Å²) in [5.74, 6) is 0. The molecule has 0 aromatic carbocycles. The van der Waals surface area contributed by atoms with E-state index in [1.807, 2.05) is 12.1 Å². The van der Waals surface area contributed by atoms with Gasteiger partial charge >= 0.3 is 0 Å². The summed E-state index contributed by atoms with van der Waals surface area (Å²) < 4.78 is 0. The molecule has 0 amide bonds. The third kappa shape index (κ3) is 3.34. The molecule has 0 aliphatic rings. The fraction of sp³-hybridized carbons (Fsp3) is 0.500. The van der Waals surface area contributed by atoms with Crippen LogP contribution in [-0.2, 0) is 6.54 Å². The molecule has 1 aromatic rings. The highest BCUT2D eigenvalue weighted by Gasteiger charge is 2.07. The Bertz CT molecular complexity index is 354. The Morgan fingerprint density at radius 2 is 2.33 bits per heavy atom. The average molecular weight is 203 g/mol. The van der Waals surface area contributed by atoms with Gasteiger partial charge in [0.1, 0.15) is 11.8 Å². The third-order valence-electron chi connectivity index (χ3n) is 2.71. The molecule has 0 saturated heterocycles. The average Bonchev–Trinajstić information content (AvgIpc) is 2.28. The lowest BCUT2D eigenvalue weighted by Gasteiger charge is -2.23. The van der Waals surface area contributed by atoms with E-state index in [9.17, 15) is 0 Å². The molecule has 0 N–H and O–H groups in total. The lowest BCUT2D eigenvalue weighted by molar-refractivity contribution is 0.244. The van der Waals surface area contributed by atoms with Gasteiger partial charge in [0.15, 0.2) is 0 Å². The lowest BCUT2D eigenvalue weighted by Crippen LogP contribution is -2.27. The van der Waals surface area contributed by atoms with Crippen molar-refractivity contribution in [3.63, 3.8) is 0 Å². The molecule has 0 fully saturated rings. The predicted molar refractivity (Wildman–Crippen MR) is 60.2 cm³/mol. The second-order valence-electron chi connectivity index (χ2n) is 3.83. The summed E-state index contributed by atoms with van der Waals surface area (Å²) in [6, 6.07) is 6.42. The van der Waals surface area contributed by atoms with E-state index in [1.165, 1.54) is 0 Å². The normalized spacial score (nSPS) is 12.5. The summed E-state index contributed by atoms with van der Waals surface area (Å²) in [5, 5.41) is 8.73. The Labute approximate surface area is 91.4 Å². The van der Waals surface area contributed by atoms with E-state index < -0.39 is 0 Å². The molecule has 0 aliphatic heterocycles. The van der Waals surface area contributed by atoms with Crippen molar-refractivity contribution in [3.05, 3.63) is 29.6 Å². The molecular weight excluding hydrogens is 186 g/mol. The van der Waals surface area contributed by atoms with Gasteiger partial charge in [-0.05, 0) is 38.1 Å². The van der Waals surface area contributed by atoms with E-state index >= 15 is 0 Å². The zero-order chi connectivity index (χ0) is 11.3. The van der Waals surface area contributed by atoms with Crippen LogP contribution < -0.4 is 0 Å². The standard InChI is InChI=1S/C12H17N3/c1-4-10(2)15(3)9-11-5-6-14-12(7-11)8-13/h5-7,10H,4,9H2,1-3H3. The van der Waals surface area contributed by atoms with E-state index in [4.69, 9.17) is 5.26 Å². The third-order valence-corrected chi connectivity index (χ3v) is 2.71. The number of rotatable bonds is 4. The van der Waals surface area contributed by atoms with Crippen molar-refractivity contribution < 1.29 is 0 Å². The largest absolute Gasteiger partial charge is 0.299 e. The first-order valence-electron chi connectivity index (χ1n) is 5.22. The molecule has 0 bridgehead atoms. The van der Waals surface area contributed by atoms with Crippen molar-refractivity contribution >= 4 is 0 Å². The quantitative estimate of drug-likeness (QED) is 0.753. The van der Waals surface area contributed by atoms with Gasteiger partial charge < -0.3 is 0 Å². The zero-order valence-corrected chi connectivity index (χ0v) is 9.57. The summed E-state index contributed by atoms with van der Waals surface area (Å²) >= 11 is 0. The fourth-order valence-electron chi connectivity index (χ4n) is 1.39. The number of nitriles is 1. The Kier molecular flexibility index (Phi) is 4.26. The Morgan fingerprint density at radius 3 is 2.93 bits per heavy atom. The van der Waals surface area contributed by atoms with E-state index in [1.54, 1.807) is 6.20 Å². The van der Waals surface area contributed by atoms with Gasteiger partial charge in [-0.25, -0.2) is 4.98 Å². The topological polar surface area (TPSA) is 39.9 Å². The van der Waals surface area contributed by atoms with E-state index in [0.29, 0.717) is 11.7 Å². The Morgan fingerprint density at radius 1 is 1.60 bits per heavy atom. The number of hydrogen-bond donors (Lipinski definition) is 0. The fourth-order valence-corrected chi connectivity index (χ4v) is 1.39. The minimum absolute atomic E-state index is 0.491. The molecular formula is C12H17N3. The van der Waals surface area contributed by atoms with E-state index in [0.717, 1.165) is 18.5 Å². The second-order valence-corrected chi connectivity index (χ2v) is 3.83. The van der Waals surface area contributed by atoms with E-state index in [-0.39, 0.29) is 0 Å². The zero-order valence-electron chi connectivity index (χ0n) is 9.57. The van der Waals surface area contributed by atoms with Crippen LogP contribution >= 0.6 is 0 Å². The first kappa shape index (κ1) is 11.7. The molecule has 1 heterocycles. The number of pyridine rings is 1. The van der Waals surface area contributed by atoms with Crippen LogP contribution in [0, 0.1) is 11.3 Å². The van der Waals surface area contributed by atoms with Crippen LogP contribution in [0.1, 0.15) is 31.5 Å². The van der Waals surface area contributed by atoms with Crippen LogP contribution in [0.15, 0.2) is 18.3 Å². The molecule has 0 aliphatic carbocycles. The van der Waals surface area contributed by atoms with Gasteiger partial charge in [0.25, 0.3) is 0 Å². The Hall–Kier alpha value is -1.40. The summed E-state index contributed by atoms with van der Waals surface area (Å²) in [6.07, 6.45) is 2.82. The maximum atomic E-state index is 8.73. The molecule has 15 heavy (non-hydrogen) atoms. The smallest absolute Gasteiger partial charge is 0.140 e. The summed E-state index contributed by atoms with van der Waals surface area (Å²) in [7, 11) is 2.10. The van der Waals surface area contributed by atoms with Crippen molar-refractivity contribution in [2.75, 3.05) is 7.05 Å². The van der Waals surface area contributed by atoms with Crippen molar-refractivity contribution in [1.29, 1.82) is 5.26 Å². The minimum Gasteiger partial charge on any atom is -0.299 e. The van der Waals surface area contributed by atoms with Gasteiger partial charge in [-0.3, -0.25) is 4.90 Å². The highest BCUT2D eigenvalue weighted by molar-refractivity contribution is 5.25. The van der Waals surface area contributed by atoms with Crippen molar-refractivity contribution in [1.82, 2.24) is 9.88 Å². The van der Waals surface area contributed by atoms with Gasteiger partial charge in [-0.15, -0.1) is 0 Å². The maximum Gasteiger partial charge on any atom is 0.140 e. The molecule has 1 rings (SSSR count). The molecule has 3 nitrogen and oxygen atoms in total. The molecule has 0 spiro atoms.